The number of nitrogen functional groups attached to an aromatic ring is 1. The van der Waals surface area contributed by atoms with Crippen molar-refractivity contribution in [3.8, 4) is 0 Å². The molecule has 4 rings (SSSR count). The van der Waals surface area contributed by atoms with Crippen molar-refractivity contribution in [1.82, 2.24) is 9.55 Å². The first kappa shape index (κ1) is 20.8. The predicted molar refractivity (Wildman–Crippen MR) is 107 cm³/mol. The number of hydrogen-bond donors (Lipinski definition) is 3. The molecule has 1 saturated heterocycles. The molecule has 1 fully saturated rings. The Morgan fingerprint density at radius 2 is 2.03 bits per heavy atom. The minimum absolute atomic E-state index is 0.152. The average Bonchev–Trinajstić information content (AvgIpc) is 3.19. The van der Waals surface area contributed by atoms with E-state index < -0.39 is 35.0 Å². The lowest BCUT2D eigenvalue weighted by atomic mass is 10.1. The van der Waals surface area contributed by atoms with Crippen LogP contribution in [0.5, 0.6) is 0 Å². The summed E-state index contributed by atoms with van der Waals surface area (Å²) in [6, 6.07) is 12.7. The van der Waals surface area contributed by atoms with Crippen molar-refractivity contribution in [2.45, 2.75) is 11.7 Å². The van der Waals surface area contributed by atoms with Gasteiger partial charge in [0.15, 0.2) is 11.6 Å². The first-order valence-electron chi connectivity index (χ1n) is 8.54. The second-order valence-corrected chi connectivity index (χ2v) is 7.22. The van der Waals surface area contributed by atoms with Crippen LogP contribution in [0.25, 0.3) is 10.8 Å². The Labute approximate surface area is 168 Å². The van der Waals surface area contributed by atoms with Gasteiger partial charge in [-0.1, -0.05) is 36.4 Å². The highest BCUT2D eigenvalue weighted by atomic mass is 32.2. The van der Waals surface area contributed by atoms with Crippen molar-refractivity contribution >= 4 is 34.3 Å². The Bertz CT molecular complexity index is 1090. The molecule has 1 aromatic heterocycles. The van der Waals surface area contributed by atoms with Gasteiger partial charge in [-0.3, -0.25) is 4.57 Å². The molecule has 0 saturated carbocycles. The highest BCUT2D eigenvalue weighted by molar-refractivity contribution is 8.00. The number of aromatic carboxylic acids is 1. The van der Waals surface area contributed by atoms with E-state index in [1.54, 1.807) is 12.1 Å². The van der Waals surface area contributed by atoms with Gasteiger partial charge in [0.2, 0.25) is 0 Å². The number of aliphatic hydroxyl groups is 1. The largest absolute Gasteiger partial charge is 0.478 e. The zero-order valence-corrected chi connectivity index (χ0v) is 15.9. The number of hydrogen-bond acceptors (Lipinski definition) is 7. The highest BCUT2D eigenvalue weighted by Gasteiger charge is 2.28. The van der Waals surface area contributed by atoms with E-state index >= 15 is 0 Å². The van der Waals surface area contributed by atoms with Crippen LogP contribution < -0.4 is 11.4 Å². The van der Waals surface area contributed by atoms with Gasteiger partial charge in [-0.25, -0.2) is 14.0 Å². The maximum atomic E-state index is 13.1. The number of thioether (sulfide) groups is 1. The Morgan fingerprint density at radius 1 is 1.31 bits per heavy atom. The lowest BCUT2D eigenvalue weighted by molar-refractivity contribution is -0.00677. The van der Waals surface area contributed by atoms with Gasteiger partial charge in [0.05, 0.1) is 18.4 Å². The van der Waals surface area contributed by atoms with Gasteiger partial charge >= 0.3 is 11.7 Å². The Kier molecular flexibility index (Phi) is 6.47. The second kappa shape index (κ2) is 9.03. The van der Waals surface area contributed by atoms with Gasteiger partial charge in [0.25, 0.3) is 0 Å². The van der Waals surface area contributed by atoms with Crippen LogP contribution in [0.1, 0.15) is 16.6 Å². The van der Waals surface area contributed by atoms with E-state index in [1.807, 2.05) is 30.3 Å². The number of rotatable bonds is 3. The number of nitrogens with zero attached hydrogens (tertiary/aromatic N) is 2. The van der Waals surface area contributed by atoms with E-state index in [4.69, 9.17) is 20.7 Å². The molecular weight excluding hydrogens is 401 g/mol. The zero-order chi connectivity index (χ0) is 21.0. The number of aromatic nitrogens is 2. The molecule has 0 spiro atoms. The number of carbonyl (C=O) groups is 1. The minimum Gasteiger partial charge on any atom is -0.478 e. The van der Waals surface area contributed by atoms with Gasteiger partial charge in [-0.2, -0.15) is 4.98 Å². The number of anilines is 1. The van der Waals surface area contributed by atoms with Gasteiger partial charge in [0, 0.05) is 5.75 Å². The number of benzene rings is 2. The molecule has 1 aliphatic heterocycles. The lowest BCUT2D eigenvalue weighted by Gasteiger charge is -2.13. The topological polar surface area (TPSA) is 128 Å². The monoisotopic (exact) mass is 419 g/mol. The van der Waals surface area contributed by atoms with Crippen LogP contribution in [0.4, 0.5) is 10.2 Å². The molecule has 0 amide bonds. The van der Waals surface area contributed by atoms with Crippen molar-refractivity contribution in [3.63, 3.8) is 0 Å². The summed E-state index contributed by atoms with van der Waals surface area (Å²) in [7, 11) is 0. The zero-order valence-electron chi connectivity index (χ0n) is 15.1. The van der Waals surface area contributed by atoms with Crippen LogP contribution in [0.15, 0.2) is 53.5 Å². The first-order valence-corrected chi connectivity index (χ1v) is 9.58. The van der Waals surface area contributed by atoms with Gasteiger partial charge in [-0.15, -0.1) is 11.8 Å². The lowest BCUT2D eigenvalue weighted by Crippen LogP contribution is -2.29. The van der Waals surface area contributed by atoms with E-state index in [0.717, 1.165) is 21.5 Å². The number of nitrogens with two attached hydrogens (primary N) is 1. The average molecular weight is 419 g/mol. The van der Waals surface area contributed by atoms with Gasteiger partial charge < -0.3 is 20.7 Å². The van der Waals surface area contributed by atoms with E-state index in [9.17, 15) is 14.0 Å². The molecule has 0 bridgehead atoms. The van der Waals surface area contributed by atoms with Crippen molar-refractivity contribution in [3.05, 3.63) is 70.5 Å². The molecule has 10 heteroatoms. The summed E-state index contributed by atoms with van der Waals surface area (Å²) in [5.74, 6) is -1.61. The third kappa shape index (κ3) is 4.73. The van der Waals surface area contributed by atoms with Crippen LogP contribution in [0.3, 0.4) is 0 Å². The van der Waals surface area contributed by atoms with Gasteiger partial charge in [0.1, 0.15) is 11.7 Å². The van der Waals surface area contributed by atoms with E-state index in [1.165, 1.54) is 11.8 Å². The first-order chi connectivity index (χ1) is 13.9. The molecule has 152 valence electrons. The maximum absolute atomic E-state index is 13.1. The fourth-order valence-electron chi connectivity index (χ4n) is 2.76. The van der Waals surface area contributed by atoms with Crippen LogP contribution in [-0.4, -0.2) is 43.5 Å². The van der Waals surface area contributed by atoms with E-state index in [2.05, 4.69) is 4.98 Å². The van der Waals surface area contributed by atoms with Crippen LogP contribution in [-0.2, 0) is 4.74 Å². The highest BCUT2D eigenvalue weighted by Crippen LogP contribution is 2.30. The maximum Gasteiger partial charge on any atom is 0.351 e. The molecule has 4 N–H and O–H groups in total. The quantitative estimate of drug-likeness (QED) is 0.589. The fourth-order valence-corrected chi connectivity index (χ4v) is 3.69. The van der Waals surface area contributed by atoms with E-state index in [0.29, 0.717) is 11.3 Å². The summed E-state index contributed by atoms with van der Waals surface area (Å²) in [6.07, 6.45) is 0.354. The molecule has 8 nitrogen and oxygen atoms in total. The Hall–Kier alpha value is -2.95. The number of ether oxygens (including phenoxy) is 1. The third-order valence-electron chi connectivity index (χ3n) is 4.15. The summed E-state index contributed by atoms with van der Waals surface area (Å²) < 4.78 is 19.5. The molecule has 0 unspecified atom stereocenters. The Morgan fingerprint density at radius 3 is 2.72 bits per heavy atom. The molecular formula is C19H18FN3O5S. The number of carboxylic acids is 1. The van der Waals surface area contributed by atoms with Crippen LogP contribution in [0.2, 0.25) is 0 Å². The molecule has 0 aliphatic carbocycles. The molecule has 0 radical (unpaired) electrons. The summed E-state index contributed by atoms with van der Waals surface area (Å²) >= 11 is 1.35. The number of carboxylic acid groups (broad SMARTS) is 1. The number of aliphatic hydroxyl groups excluding tert-OH is 1. The van der Waals surface area contributed by atoms with Gasteiger partial charge in [-0.05, 0) is 16.8 Å². The smallest absolute Gasteiger partial charge is 0.351 e. The number of halogens is 1. The molecule has 2 heterocycles. The van der Waals surface area contributed by atoms with E-state index in [-0.39, 0.29) is 6.61 Å². The summed E-state index contributed by atoms with van der Waals surface area (Å²) in [5, 5.41) is 19.5. The van der Waals surface area contributed by atoms with Crippen molar-refractivity contribution in [2.24, 2.45) is 0 Å². The molecule has 2 atom stereocenters. The number of fused-ring (bicyclic) bond motifs is 1. The van der Waals surface area contributed by atoms with Crippen molar-refractivity contribution < 1.29 is 24.1 Å². The SMILES string of the molecule is Nc1nc(=O)n([C@@H]2CS[C@H](CO)O2)cc1F.O=C(O)c1cccc2ccccc12. The Balaban J connectivity index is 0.000000169. The summed E-state index contributed by atoms with van der Waals surface area (Å²) in [6.45, 7) is -0.152. The molecule has 1 aliphatic rings. The van der Waals surface area contributed by atoms with Crippen molar-refractivity contribution in [2.75, 3.05) is 18.1 Å². The third-order valence-corrected chi connectivity index (χ3v) is 5.26. The molecule has 2 aromatic carbocycles. The second-order valence-electron chi connectivity index (χ2n) is 6.03. The predicted octanol–water partition coefficient (Wildman–Crippen LogP) is 2.08. The molecule has 3 aromatic rings. The summed E-state index contributed by atoms with van der Waals surface area (Å²) in [5.41, 5.74) is 4.46. The normalized spacial score (nSPS) is 18.3. The van der Waals surface area contributed by atoms with Crippen molar-refractivity contribution in [1.29, 1.82) is 0 Å². The summed E-state index contributed by atoms with van der Waals surface area (Å²) in [4.78, 5) is 25.6. The standard InChI is InChI=1S/C11H8O2.C8H10FN3O3S/c12-11(13)10-7-3-5-8-4-1-2-6-9(8)10;9-4-1-12(8(14)11-7(4)10)5-3-16-6(2-13)15-5/h1-7H,(H,12,13);1,5-6,13H,2-3H2,(H2,10,11,14)/t;5-,6+/m.0/s1. The van der Waals surface area contributed by atoms with Crippen LogP contribution in [0, 0.1) is 5.82 Å². The van der Waals surface area contributed by atoms with Crippen LogP contribution >= 0.6 is 11.8 Å². The minimum atomic E-state index is -0.878. The molecule has 29 heavy (non-hydrogen) atoms. The fraction of sp³-hybridized carbons (Fsp3) is 0.211.